The van der Waals surface area contributed by atoms with E-state index < -0.39 is 5.60 Å². The molecule has 2 rings (SSSR count). The number of nitrogen functional groups attached to an aromatic ring is 1. The molecule has 0 saturated carbocycles. The Morgan fingerprint density at radius 3 is 2.95 bits per heavy atom. The molecule has 1 saturated heterocycles. The predicted octanol–water partition coefficient (Wildman–Crippen LogP) is 1.60. The van der Waals surface area contributed by atoms with E-state index in [1.807, 2.05) is 6.07 Å². The van der Waals surface area contributed by atoms with Crippen LogP contribution < -0.4 is 5.73 Å². The molecule has 0 bridgehead atoms. The Bertz CT molecular complexity index is 500. The van der Waals surface area contributed by atoms with E-state index in [0.717, 1.165) is 31.4 Å². The first-order valence-electron chi connectivity index (χ1n) is 7.19. The highest BCUT2D eigenvalue weighted by Crippen LogP contribution is 2.22. The van der Waals surface area contributed by atoms with Crippen molar-refractivity contribution < 1.29 is 9.90 Å². The number of piperidine rings is 1. The van der Waals surface area contributed by atoms with E-state index in [-0.39, 0.29) is 5.91 Å². The van der Waals surface area contributed by atoms with Gasteiger partial charge in [-0.05, 0) is 38.3 Å². The minimum Gasteiger partial charge on any atom is -0.388 e. The number of aryl methyl sites for hydroxylation is 1. The SMILES string of the molecule is CCCc1cc(C(=O)N2CCCC(C)(O)C2)cc(N)n1. The number of carbonyl (C=O) groups is 1. The zero-order valence-corrected chi connectivity index (χ0v) is 12.2. The number of nitrogens with zero attached hydrogens (tertiary/aromatic N) is 2. The third kappa shape index (κ3) is 3.48. The van der Waals surface area contributed by atoms with Gasteiger partial charge in [0.05, 0.1) is 5.60 Å². The van der Waals surface area contributed by atoms with E-state index in [2.05, 4.69) is 11.9 Å². The third-order valence-electron chi connectivity index (χ3n) is 3.61. The van der Waals surface area contributed by atoms with Crippen molar-refractivity contribution in [3.63, 3.8) is 0 Å². The molecule has 3 N–H and O–H groups in total. The molecule has 1 unspecified atom stereocenters. The average Bonchev–Trinajstić information content (AvgIpc) is 2.36. The standard InChI is InChI=1S/C15H23N3O2/c1-3-5-12-8-11(9-13(16)17-12)14(19)18-7-4-6-15(2,20)10-18/h8-9,20H,3-7,10H2,1-2H3,(H2,16,17). The first-order valence-corrected chi connectivity index (χ1v) is 7.19. The molecule has 1 aliphatic rings. The Morgan fingerprint density at radius 1 is 1.55 bits per heavy atom. The van der Waals surface area contributed by atoms with Gasteiger partial charge in [-0.25, -0.2) is 4.98 Å². The highest BCUT2D eigenvalue weighted by molar-refractivity contribution is 5.95. The monoisotopic (exact) mass is 277 g/mol. The number of rotatable bonds is 3. The average molecular weight is 277 g/mol. The summed E-state index contributed by atoms with van der Waals surface area (Å²) in [7, 11) is 0. The van der Waals surface area contributed by atoms with E-state index in [1.165, 1.54) is 0 Å². The number of hydrogen-bond acceptors (Lipinski definition) is 4. The Labute approximate surface area is 119 Å². The van der Waals surface area contributed by atoms with Gasteiger partial charge in [0.2, 0.25) is 0 Å². The third-order valence-corrected chi connectivity index (χ3v) is 3.61. The zero-order chi connectivity index (χ0) is 14.8. The molecule has 1 aromatic heterocycles. The summed E-state index contributed by atoms with van der Waals surface area (Å²) in [5.41, 5.74) is 6.40. The Morgan fingerprint density at radius 2 is 2.30 bits per heavy atom. The van der Waals surface area contributed by atoms with Crippen LogP contribution in [0.1, 0.15) is 49.2 Å². The fourth-order valence-corrected chi connectivity index (χ4v) is 2.69. The van der Waals surface area contributed by atoms with Crippen LogP contribution in [0.4, 0.5) is 5.82 Å². The molecule has 0 radical (unpaired) electrons. The summed E-state index contributed by atoms with van der Waals surface area (Å²) in [5.74, 6) is 0.305. The molecule has 0 spiro atoms. The lowest BCUT2D eigenvalue weighted by Crippen LogP contribution is -2.48. The number of aromatic nitrogens is 1. The van der Waals surface area contributed by atoms with E-state index >= 15 is 0 Å². The highest BCUT2D eigenvalue weighted by Gasteiger charge is 2.31. The van der Waals surface area contributed by atoms with Crippen LogP contribution in [-0.2, 0) is 6.42 Å². The summed E-state index contributed by atoms with van der Waals surface area (Å²) in [6, 6.07) is 3.43. The molecular formula is C15H23N3O2. The molecule has 110 valence electrons. The fraction of sp³-hybridized carbons (Fsp3) is 0.600. The van der Waals surface area contributed by atoms with Crippen molar-refractivity contribution in [3.05, 3.63) is 23.4 Å². The number of likely N-dealkylation sites (tertiary alicyclic amines) is 1. The largest absolute Gasteiger partial charge is 0.388 e. The molecule has 1 fully saturated rings. The Hall–Kier alpha value is -1.62. The number of anilines is 1. The molecular weight excluding hydrogens is 254 g/mol. The maximum atomic E-state index is 12.5. The Balaban J connectivity index is 2.20. The van der Waals surface area contributed by atoms with Gasteiger partial charge in [0.1, 0.15) is 5.82 Å². The number of β-amino-alcohol motifs (C(OH)–C–C–N with tert-alkyl or cyclic N) is 1. The van der Waals surface area contributed by atoms with Gasteiger partial charge in [0.25, 0.3) is 5.91 Å². The van der Waals surface area contributed by atoms with Crippen molar-refractivity contribution in [1.82, 2.24) is 9.88 Å². The van der Waals surface area contributed by atoms with Crippen molar-refractivity contribution in [3.8, 4) is 0 Å². The lowest BCUT2D eigenvalue weighted by Gasteiger charge is -2.36. The van der Waals surface area contributed by atoms with E-state index in [1.54, 1.807) is 17.9 Å². The number of pyridine rings is 1. The quantitative estimate of drug-likeness (QED) is 0.879. The predicted molar refractivity (Wildman–Crippen MR) is 78.4 cm³/mol. The summed E-state index contributed by atoms with van der Waals surface area (Å²) in [5, 5.41) is 10.1. The van der Waals surface area contributed by atoms with Gasteiger partial charge in [0.15, 0.2) is 0 Å². The smallest absolute Gasteiger partial charge is 0.254 e. The maximum absolute atomic E-state index is 12.5. The minimum absolute atomic E-state index is 0.0728. The zero-order valence-electron chi connectivity index (χ0n) is 12.2. The van der Waals surface area contributed by atoms with Gasteiger partial charge in [-0.2, -0.15) is 0 Å². The van der Waals surface area contributed by atoms with Gasteiger partial charge < -0.3 is 15.7 Å². The molecule has 1 aliphatic heterocycles. The number of aliphatic hydroxyl groups is 1. The second kappa shape index (κ2) is 5.79. The van der Waals surface area contributed by atoms with E-state index in [9.17, 15) is 9.90 Å². The van der Waals surface area contributed by atoms with Crippen LogP contribution in [0.25, 0.3) is 0 Å². The maximum Gasteiger partial charge on any atom is 0.254 e. The van der Waals surface area contributed by atoms with E-state index in [4.69, 9.17) is 5.73 Å². The van der Waals surface area contributed by atoms with Gasteiger partial charge in [0, 0.05) is 24.3 Å². The molecule has 0 aromatic carbocycles. The molecule has 0 aliphatic carbocycles. The number of amides is 1. The highest BCUT2D eigenvalue weighted by atomic mass is 16.3. The molecule has 1 aromatic rings. The van der Waals surface area contributed by atoms with Crippen LogP contribution >= 0.6 is 0 Å². The number of hydrogen-bond donors (Lipinski definition) is 2. The van der Waals surface area contributed by atoms with Crippen LogP contribution in [0.2, 0.25) is 0 Å². The van der Waals surface area contributed by atoms with Crippen LogP contribution in [-0.4, -0.2) is 39.6 Å². The van der Waals surface area contributed by atoms with Crippen molar-refractivity contribution in [2.24, 2.45) is 0 Å². The van der Waals surface area contributed by atoms with Gasteiger partial charge in [-0.3, -0.25) is 4.79 Å². The Kier molecular flexibility index (Phi) is 4.28. The second-order valence-electron chi connectivity index (χ2n) is 5.85. The normalized spacial score (nSPS) is 22.9. The topological polar surface area (TPSA) is 79.5 Å². The number of carbonyl (C=O) groups excluding carboxylic acids is 1. The van der Waals surface area contributed by atoms with Crippen LogP contribution in [0, 0.1) is 0 Å². The van der Waals surface area contributed by atoms with Gasteiger partial charge >= 0.3 is 0 Å². The summed E-state index contributed by atoms with van der Waals surface area (Å²) in [4.78, 5) is 18.5. The summed E-state index contributed by atoms with van der Waals surface area (Å²) >= 11 is 0. The van der Waals surface area contributed by atoms with Crippen molar-refractivity contribution >= 4 is 11.7 Å². The summed E-state index contributed by atoms with van der Waals surface area (Å²) in [6.07, 6.45) is 3.32. The molecule has 1 amide bonds. The first-order chi connectivity index (χ1) is 9.41. The van der Waals surface area contributed by atoms with Gasteiger partial charge in [-0.15, -0.1) is 0 Å². The summed E-state index contributed by atoms with van der Waals surface area (Å²) < 4.78 is 0. The van der Waals surface area contributed by atoms with Crippen LogP contribution in [0.15, 0.2) is 12.1 Å². The van der Waals surface area contributed by atoms with Crippen molar-refractivity contribution in [2.75, 3.05) is 18.8 Å². The second-order valence-corrected chi connectivity index (χ2v) is 5.85. The van der Waals surface area contributed by atoms with Gasteiger partial charge in [-0.1, -0.05) is 13.3 Å². The first kappa shape index (κ1) is 14.8. The minimum atomic E-state index is -0.793. The van der Waals surface area contributed by atoms with E-state index in [0.29, 0.717) is 24.5 Å². The lowest BCUT2D eigenvalue weighted by atomic mass is 9.94. The lowest BCUT2D eigenvalue weighted by molar-refractivity contribution is -0.0107. The molecule has 5 heteroatoms. The molecule has 2 heterocycles. The molecule has 5 nitrogen and oxygen atoms in total. The molecule has 20 heavy (non-hydrogen) atoms. The van der Waals surface area contributed by atoms with Crippen LogP contribution in [0.5, 0.6) is 0 Å². The van der Waals surface area contributed by atoms with Crippen LogP contribution in [0.3, 0.4) is 0 Å². The number of nitrogens with two attached hydrogens (primary N) is 1. The molecule has 1 atom stereocenters. The fourth-order valence-electron chi connectivity index (χ4n) is 2.69. The van der Waals surface area contributed by atoms with Crippen molar-refractivity contribution in [2.45, 2.75) is 45.1 Å². The van der Waals surface area contributed by atoms with Crippen molar-refractivity contribution in [1.29, 1.82) is 0 Å². The summed E-state index contributed by atoms with van der Waals surface area (Å²) in [6.45, 7) is 4.89.